The second kappa shape index (κ2) is 7.78. The van der Waals surface area contributed by atoms with Crippen molar-refractivity contribution >= 4 is 50.9 Å². The molecule has 2 aromatic rings. The Morgan fingerprint density at radius 2 is 1.68 bits per heavy atom. The van der Waals surface area contributed by atoms with E-state index in [0.717, 1.165) is 4.90 Å². The molecule has 0 bridgehead atoms. The number of sulfonamides is 1. The van der Waals surface area contributed by atoms with Gasteiger partial charge in [-0.25, -0.2) is 8.42 Å². The number of halogens is 1. The molecule has 4 amide bonds. The molecule has 4 rings (SSSR count). The van der Waals surface area contributed by atoms with Crippen LogP contribution in [0, 0.1) is 0 Å². The molecule has 0 spiro atoms. The summed E-state index contributed by atoms with van der Waals surface area (Å²) in [5.41, 5.74) is 0.684. The number of imide groups is 2. The second-order valence-electron chi connectivity index (χ2n) is 7.20. The van der Waals surface area contributed by atoms with Crippen LogP contribution in [0.2, 0.25) is 5.02 Å². The Morgan fingerprint density at radius 1 is 1.00 bits per heavy atom. The highest BCUT2D eigenvalue weighted by atomic mass is 35.5. The number of hydrogen-bond acceptors (Lipinski definition) is 6. The third-order valence-electron chi connectivity index (χ3n) is 4.98. The molecule has 0 aliphatic carbocycles. The first kappa shape index (κ1) is 21.0. The molecule has 11 heteroatoms. The van der Waals surface area contributed by atoms with Gasteiger partial charge in [-0.05, 0) is 42.3 Å². The number of rotatable bonds is 5. The van der Waals surface area contributed by atoms with E-state index in [2.05, 4.69) is 10.0 Å². The molecule has 2 aliphatic heterocycles. The number of carbonyl (C=O) groups is 4. The predicted molar refractivity (Wildman–Crippen MR) is 111 cm³/mol. The van der Waals surface area contributed by atoms with Crippen LogP contribution in [-0.4, -0.2) is 43.0 Å². The van der Waals surface area contributed by atoms with Gasteiger partial charge in [0.05, 0.1) is 16.9 Å². The molecule has 9 nitrogen and oxygen atoms in total. The van der Waals surface area contributed by atoms with Crippen LogP contribution in [0.15, 0.2) is 42.5 Å². The van der Waals surface area contributed by atoms with Gasteiger partial charge in [-0.2, -0.15) is 0 Å². The normalized spacial score (nSPS) is 18.7. The molecule has 2 N–H and O–H groups in total. The minimum atomic E-state index is -3.80. The summed E-state index contributed by atoms with van der Waals surface area (Å²) in [5.74, 6) is -2.86. The lowest BCUT2D eigenvalue weighted by atomic mass is 10.0. The van der Waals surface area contributed by atoms with Crippen molar-refractivity contribution < 1.29 is 27.6 Å². The number of nitrogens with one attached hydrogen (secondary N) is 2. The molecule has 1 unspecified atom stereocenters. The highest BCUT2D eigenvalue weighted by molar-refractivity contribution is 7.91. The molecule has 31 heavy (non-hydrogen) atoms. The fourth-order valence-corrected chi connectivity index (χ4v) is 4.87. The van der Waals surface area contributed by atoms with Gasteiger partial charge in [0.25, 0.3) is 11.8 Å². The zero-order valence-corrected chi connectivity index (χ0v) is 17.5. The summed E-state index contributed by atoms with van der Waals surface area (Å²) in [6.45, 7) is 0. The van der Waals surface area contributed by atoms with Crippen molar-refractivity contribution in [3.63, 3.8) is 0 Å². The summed E-state index contributed by atoms with van der Waals surface area (Å²) in [4.78, 5) is 49.8. The lowest BCUT2D eigenvalue weighted by molar-refractivity contribution is -0.136. The van der Waals surface area contributed by atoms with Gasteiger partial charge in [-0.1, -0.05) is 23.7 Å². The van der Waals surface area contributed by atoms with Crippen molar-refractivity contribution in [2.45, 2.75) is 24.6 Å². The van der Waals surface area contributed by atoms with Crippen LogP contribution in [0.25, 0.3) is 0 Å². The van der Waals surface area contributed by atoms with Gasteiger partial charge in [0.1, 0.15) is 6.04 Å². The molecular weight excluding hydrogens is 446 g/mol. The topological polar surface area (TPSA) is 130 Å². The van der Waals surface area contributed by atoms with E-state index < -0.39 is 39.7 Å². The van der Waals surface area contributed by atoms with E-state index in [0.29, 0.717) is 10.6 Å². The summed E-state index contributed by atoms with van der Waals surface area (Å²) in [6.07, 6.45) is 0.0519. The van der Waals surface area contributed by atoms with E-state index in [9.17, 15) is 27.6 Å². The predicted octanol–water partition coefficient (Wildman–Crippen LogP) is 1.68. The van der Waals surface area contributed by atoms with Crippen molar-refractivity contribution in [3.8, 4) is 0 Å². The monoisotopic (exact) mass is 461 g/mol. The first-order chi connectivity index (χ1) is 14.6. The van der Waals surface area contributed by atoms with Crippen LogP contribution in [0.1, 0.15) is 39.1 Å². The Labute approximate surface area is 182 Å². The summed E-state index contributed by atoms with van der Waals surface area (Å²) in [6, 6.07) is 9.22. The Balaban J connectivity index is 1.55. The molecule has 2 aromatic carbocycles. The largest absolute Gasteiger partial charge is 0.295 e. The van der Waals surface area contributed by atoms with E-state index in [1.165, 1.54) is 18.2 Å². The third-order valence-corrected chi connectivity index (χ3v) is 6.50. The molecule has 1 atom stereocenters. The van der Waals surface area contributed by atoms with E-state index in [4.69, 9.17) is 11.6 Å². The van der Waals surface area contributed by atoms with E-state index in [-0.39, 0.29) is 35.4 Å². The van der Waals surface area contributed by atoms with Gasteiger partial charge in [0.2, 0.25) is 21.8 Å². The fraction of sp³-hybridized carbons (Fsp3) is 0.200. The van der Waals surface area contributed by atoms with E-state index >= 15 is 0 Å². The summed E-state index contributed by atoms with van der Waals surface area (Å²) in [5, 5.41) is 2.60. The number of anilines is 1. The number of benzene rings is 2. The number of nitrogens with zero attached hydrogens (tertiary/aromatic N) is 1. The number of piperidine rings is 1. The lowest BCUT2D eigenvalue weighted by Gasteiger charge is -2.27. The fourth-order valence-electron chi connectivity index (χ4n) is 3.55. The van der Waals surface area contributed by atoms with Crippen molar-refractivity contribution in [1.29, 1.82) is 0 Å². The van der Waals surface area contributed by atoms with Gasteiger partial charge in [-0.3, -0.25) is 34.1 Å². The van der Waals surface area contributed by atoms with Crippen molar-refractivity contribution in [1.82, 2.24) is 10.2 Å². The molecule has 1 fully saturated rings. The van der Waals surface area contributed by atoms with Crippen molar-refractivity contribution in [3.05, 3.63) is 64.2 Å². The maximum Gasteiger partial charge on any atom is 0.262 e. The SMILES string of the molecule is O=C1CCC(N2C(=O)c3ccc(NS(=O)(=O)Cc4ccc(Cl)cc4)cc3C2=O)C(=O)N1. The van der Waals surface area contributed by atoms with Crippen LogP contribution >= 0.6 is 11.6 Å². The van der Waals surface area contributed by atoms with Crippen LogP contribution in [0.5, 0.6) is 0 Å². The number of hydrogen-bond donors (Lipinski definition) is 2. The summed E-state index contributed by atoms with van der Waals surface area (Å²) >= 11 is 5.81. The Kier molecular flexibility index (Phi) is 5.28. The third kappa shape index (κ3) is 4.17. The number of carbonyl (C=O) groups excluding carboxylic acids is 4. The average molecular weight is 462 g/mol. The van der Waals surface area contributed by atoms with Gasteiger partial charge < -0.3 is 0 Å². The smallest absolute Gasteiger partial charge is 0.262 e. The van der Waals surface area contributed by atoms with Crippen LogP contribution in [0.3, 0.4) is 0 Å². The zero-order chi connectivity index (χ0) is 22.3. The molecule has 1 saturated heterocycles. The Bertz CT molecular complexity index is 1230. The highest BCUT2D eigenvalue weighted by Gasteiger charge is 2.44. The van der Waals surface area contributed by atoms with Crippen molar-refractivity contribution in [2.75, 3.05) is 4.72 Å². The lowest BCUT2D eigenvalue weighted by Crippen LogP contribution is -2.54. The molecular formula is C20H16ClN3O6S. The highest BCUT2D eigenvalue weighted by Crippen LogP contribution is 2.30. The van der Waals surface area contributed by atoms with Crippen LogP contribution in [0.4, 0.5) is 5.69 Å². The van der Waals surface area contributed by atoms with Gasteiger partial charge >= 0.3 is 0 Å². The quantitative estimate of drug-likeness (QED) is 0.651. The van der Waals surface area contributed by atoms with Gasteiger partial charge in [0.15, 0.2) is 0 Å². The summed E-state index contributed by atoms with van der Waals surface area (Å²) in [7, 11) is -3.80. The maximum atomic E-state index is 12.8. The Hall–Kier alpha value is -3.24. The van der Waals surface area contributed by atoms with Crippen LogP contribution in [-0.2, 0) is 25.4 Å². The second-order valence-corrected chi connectivity index (χ2v) is 9.35. The average Bonchev–Trinajstić information content (AvgIpc) is 2.94. The van der Waals surface area contributed by atoms with E-state index in [1.807, 2.05) is 0 Å². The zero-order valence-electron chi connectivity index (χ0n) is 15.9. The first-order valence-electron chi connectivity index (χ1n) is 9.25. The number of amides is 4. The molecule has 0 saturated carbocycles. The molecule has 0 aromatic heterocycles. The summed E-state index contributed by atoms with van der Waals surface area (Å²) < 4.78 is 27.4. The van der Waals surface area contributed by atoms with Gasteiger partial charge in [0, 0.05) is 17.1 Å². The Morgan fingerprint density at radius 3 is 2.35 bits per heavy atom. The molecule has 2 heterocycles. The van der Waals surface area contributed by atoms with E-state index in [1.54, 1.807) is 24.3 Å². The first-order valence-corrected chi connectivity index (χ1v) is 11.3. The van der Waals surface area contributed by atoms with Crippen molar-refractivity contribution in [2.24, 2.45) is 0 Å². The van der Waals surface area contributed by atoms with Crippen LogP contribution < -0.4 is 10.0 Å². The minimum Gasteiger partial charge on any atom is -0.295 e. The van der Waals surface area contributed by atoms with Gasteiger partial charge in [-0.15, -0.1) is 0 Å². The molecule has 2 aliphatic rings. The minimum absolute atomic E-state index is 0.0126. The molecule has 0 radical (unpaired) electrons. The molecule has 160 valence electrons. The number of fused-ring (bicyclic) bond motifs is 1. The maximum absolute atomic E-state index is 12.8. The standard InChI is InChI=1S/C20H16ClN3O6S/c21-12-3-1-11(2-4-12)10-31(29,30)23-13-5-6-14-15(9-13)20(28)24(19(14)27)16-7-8-17(25)22-18(16)26/h1-6,9,16,23H,7-8,10H2,(H,22,25,26).